The largest absolute Gasteiger partial charge is 0.313 e. The number of amides is 2. The van der Waals surface area contributed by atoms with Crippen LogP contribution in [0.3, 0.4) is 0 Å². The van der Waals surface area contributed by atoms with E-state index in [9.17, 15) is 9.59 Å². The number of hydrogen-bond acceptors (Lipinski definition) is 3. The van der Waals surface area contributed by atoms with Crippen LogP contribution in [0.25, 0.3) is 28.0 Å². The summed E-state index contributed by atoms with van der Waals surface area (Å²) in [5, 5.41) is 4.45. The molecule has 0 saturated carbocycles. The number of fused-ring (bicyclic) bond motifs is 3. The van der Waals surface area contributed by atoms with Crippen LogP contribution in [0.15, 0.2) is 43.1 Å². The van der Waals surface area contributed by atoms with Gasteiger partial charge in [0.1, 0.15) is 11.7 Å². The summed E-state index contributed by atoms with van der Waals surface area (Å²) in [6, 6.07) is 9.40. The van der Waals surface area contributed by atoms with Crippen molar-refractivity contribution in [2.24, 2.45) is 0 Å². The number of imide groups is 1. The molecule has 3 heterocycles. The van der Waals surface area contributed by atoms with E-state index in [-0.39, 0.29) is 11.8 Å². The van der Waals surface area contributed by atoms with Gasteiger partial charge in [-0.3, -0.25) is 14.9 Å². The Morgan fingerprint density at radius 2 is 2.09 bits per heavy atom. The zero-order valence-electron chi connectivity index (χ0n) is 12.5. The summed E-state index contributed by atoms with van der Waals surface area (Å²) in [4.78, 5) is 28.3. The van der Waals surface area contributed by atoms with Crippen molar-refractivity contribution in [3.63, 3.8) is 0 Å². The number of rotatable bonds is 2. The lowest BCUT2D eigenvalue weighted by Gasteiger charge is -2.23. The maximum absolute atomic E-state index is 12.3. The van der Waals surface area contributed by atoms with Crippen LogP contribution in [0.4, 0.5) is 0 Å². The van der Waals surface area contributed by atoms with Crippen molar-refractivity contribution < 1.29 is 9.59 Å². The SMILES string of the molecule is C=Cc1ccnc2c1c1ccccc1n2C1CCC(=O)NC1=O. The van der Waals surface area contributed by atoms with E-state index in [1.165, 1.54) is 0 Å². The highest BCUT2D eigenvalue weighted by Gasteiger charge is 2.31. The predicted molar refractivity (Wildman–Crippen MR) is 88.8 cm³/mol. The van der Waals surface area contributed by atoms with Crippen molar-refractivity contribution in [3.8, 4) is 0 Å². The number of benzene rings is 1. The third kappa shape index (κ3) is 1.97. The summed E-state index contributed by atoms with van der Waals surface area (Å²) in [6.45, 7) is 3.87. The summed E-state index contributed by atoms with van der Waals surface area (Å²) in [6.07, 6.45) is 4.34. The molecule has 0 bridgehead atoms. The van der Waals surface area contributed by atoms with Crippen LogP contribution >= 0.6 is 0 Å². The van der Waals surface area contributed by atoms with Gasteiger partial charge in [-0.1, -0.05) is 30.9 Å². The molecule has 5 nitrogen and oxygen atoms in total. The zero-order valence-corrected chi connectivity index (χ0v) is 12.5. The average molecular weight is 305 g/mol. The van der Waals surface area contributed by atoms with E-state index >= 15 is 0 Å². The molecule has 2 aromatic heterocycles. The van der Waals surface area contributed by atoms with Crippen LogP contribution < -0.4 is 5.32 Å². The van der Waals surface area contributed by atoms with Crippen molar-refractivity contribution in [3.05, 3.63) is 48.7 Å². The first-order valence-corrected chi connectivity index (χ1v) is 7.54. The minimum atomic E-state index is -0.428. The summed E-state index contributed by atoms with van der Waals surface area (Å²) < 4.78 is 1.94. The van der Waals surface area contributed by atoms with Gasteiger partial charge in [-0.25, -0.2) is 4.98 Å². The van der Waals surface area contributed by atoms with Crippen LogP contribution in [0.1, 0.15) is 24.4 Å². The second-order valence-corrected chi connectivity index (χ2v) is 5.66. The third-order valence-corrected chi connectivity index (χ3v) is 4.37. The molecule has 1 fully saturated rings. The first-order valence-electron chi connectivity index (χ1n) is 7.54. The number of nitrogens with zero attached hydrogens (tertiary/aromatic N) is 2. The van der Waals surface area contributed by atoms with E-state index in [2.05, 4.69) is 16.9 Å². The molecule has 3 aromatic rings. The lowest BCUT2D eigenvalue weighted by Crippen LogP contribution is -2.41. The second-order valence-electron chi connectivity index (χ2n) is 5.66. The number of nitrogens with one attached hydrogen (secondary N) is 1. The minimum Gasteiger partial charge on any atom is -0.313 e. The van der Waals surface area contributed by atoms with Crippen molar-refractivity contribution in [2.45, 2.75) is 18.9 Å². The van der Waals surface area contributed by atoms with E-state index in [0.29, 0.717) is 12.8 Å². The summed E-state index contributed by atoms with van der Waals surface area (Å²) in [5.41, 5.74) is 2.68. The van der Waals surface area contributed by atoms with Crippen molar-refractivity contribution in [1.29, 1.82) is 0 Å². The fourth-order valence-corrected chi connectivity index (χ4v) is 3.35. The molecule has 0 radical (unpaired) electrons. The Morgan fingerprint density at radius 1 is 1.26 bits per heavy atom. The van der Waals surface area contributed by atoms with Crippen LogP contribution in [-0.4, -0.2) is 21.4 Å². The maximum Gasteiger partial charge on any atom is 0.249 e. The second kappa shape index (κ2) is 5.05. The molecular weight excluding hydrogens is 290 g/mol. The highest BCUT2D eigenvalue weighted by atomic mass is 16.2. The first kappa shape index (κ1) is 13.7. The van der Waals surface area contributed by atoms with Gasteiger partial charge in [0.2, 0.25) is 11.8 Å². The fourth-order valence-electron chi connectivity index (χ4n) is 3.35. The number of aromatic nitrogens is 2. The van der Waals surface area contributed by atoms with E-state index in [0.717, 1.165) is 27.5 Å². The molecule has 0 aliphatic carbocycles. The lowest BCUT2D eigenvalue weighted by molar-refractivity contribution is -0.135. The molecule has 1 unspecified atom stereocenters. The third-order valence-electron chi connectivity index (χ3n) is 4.37. The maximum atomic E-state index is 12.3. The van der Waals surface area contributed by atoms with Gasteiger partial charge in [0, 0.05) is 23.4 Å². The zero-order chi connectivity index (χ0) is 16.0. The Morgan fingerprint density at radius 3 is 2.87 bits per heavy atom. The van der Waals surface area contributed by atoms with Crippen LogP contribution in [0.2, 0.25) is 0 Å². The standard InChI is InChI=1S/C18H15N3O2/c1-2-11-9-10-19-17-16(11)12-5-3-4-6-13(12)21(17)14-7-8-15(22)20-18(14)23/h2-6,9-10,14H,1,7-8H2,(H,20,22,23). The van der Waals surface area contributed by atoms with Gasteiger partial charge in [0.05, 0.1) is 5.52 Å². The lowest BCUT2D eigenvalue weighted by atomic mass is 10.1. The fraction of sp³-hybridized carbons (Fsp3) is 0.167. The van der Waals surface area contributed by atoms with Gasteiger partial charge < -0.3 is 4.57 Å². The number of hydrogen-bond donors (Lipinski definition) is 1. The summed E-state index contributed by atoms with van der Waals surface area (Å²) >= 11 is 0. The van der Waals surface area contributed by atoms with Gasteiger partial charge in [0.15, 0.2) is 0 Å². The van der Waals surface area contributed by atoms with Crippen molar-refractivity contribution in [2.75, 3.05) is 0 Å². The number of piperidine rings is 1. The number of pyridine rings is 1. The molecule has 0 spiro atoms. The van der Waals surface area contributed by atoms with Crippen LogP contribution in [-0.2, 0) is 9.59 Å². The van der Waals surface area contributed by atoms with Gasteiger partial charge >= 0.3 is 0 Å². The van der Waals surface area contributed by atoms with Crippen LogP contribution in [0, 0.1) is 0 Å². The summed E-state index contributed by atoms with van der Waals surface area (Å²) in [7, 11) is 0. The van der Waals surface area contributed by atoms with E-state index in [4.69, 9.17) is 0 Å². The van der Waals surface area contributed by atoms with Gasteiger partial charge in [-0.05, 0) is 24.1 Å². The van der Waals surface area contributed by atoms with Gasteiger partial charge in [-0.2, -0.15) is 0 Å². The normalized spacial score (nSPS) is 18.3. The van der Waals surface area contributed by atoms with Crippen LogP contribution in [0.5, 0.6) is 0 Å². The van der Waals surface area contributed by atoms with Crippen molar-refractivity contribution >= 4 is 39.8 Å². The van der Waals surface area contributed by atoms with E-state index in [1.807, 2.05) is 34.9 Å². The molecular formula is C18H15N3O2. The molecule has 1 atom stereocenters. The smallest absolute Gasteiger partial charge is 0.249 e. The first-order chi connectivity index (χ1) is 11.2. The van der Waals surface area contributed by atoms with Gasteiger partial charge in [0.25, 0.3) is 0 Å². The van der Waals surface area contributed by atoms with Gasteiger partial charge in [-0.15, -0.1) is 0 Å². The van der Waals surface area contributed by atoms with E-state index < -0.39 is 6.04 Å². The molecule has 114 valence electrons. The Balaban J connectivity index is 2.07. The number of carbonyl (C=O) groups is 2. The number of carbonyl (C=O) groups excluding carboxylic acids is 2. The predicted octanol–water partition coefficient (Wildman–Crippen LogP) is 2.81. The molecule has 1 aromatic carbocycles. The Bertz CT molecular complexity index is 971. The monoisotopic (exact) mass is 305 g/mol. The molecule has 23 heavy (non-hydrogen) atoms. The molecule has 1 aliphatic heterocycles. The highest BCUT2D eigenvalue weighted by Crippen LogP contribution is 2.35. The Hall–Kier alpha value is -2.95. The Kier molecular flexibility index (Phi) is 3.01. The minimum absolute atomic E-state index is 0.216. The quantitative estimate of drug-likeness (QED) is 0.740. The number of para-hydroxylation sites is 1. The molecule has 5 heteroatoms. The molecule has 1 aliphatic rings. The summed E-state index contributed by atoms with van der Waals surface area (Å²) in [5.74, 6) is -0.485. The molecule has 1 N–H and O–H groups in total. The molecule has 2 amide bonds. The van der Waals surface area contributed by atoms with Crippen molar-refractivity contribution in [1.82, 2.24) is 14.9 Å². The average Bonchev–Trinajstić information content (AvgIpc) is 2.90. The molecule has 1 saturated heterocycles. The topological polar surface area (TPSA) is 64.0 Å². The van der Waals surface area contributed by atoms with E-state index in [1.54, 1.807) is 12.3 Å². The Labute approximate surface area is 132 Å². The molecule has 4 rings (SSSR count). The highest BCUT2D eigenvalue weighted by molar-refractivity contribution is 6.11.